The smallest absolute Gasteiger partial charge is 0.324 e. The molecule has 0 bridgehead atoms. The van der Waals surface area contributed by atoms with Gasteiger partial charge in [0.15, 0.2) is 0 Å². The molecule has 0 saturated carbocycles. The summed E-state index contributed by atoms with van der Waals surface area (Å²) < 4.78 is 10.4. The average Bonchev–Trinajstić information content (AvgIpc) is 2.46. The van der Waals surface area contributed by atoms with Crippen LogP contribution in [0.4, 0.5) is 0 Å². The summed E-state index contributed by atoms with van der Waals surface area (Å²) in [4.78, 5) is 0. The van der Waals surface area contributed by atoms with Crippen molar-refractivity contribution in [3.63, 3.8) is 0 Å². The average molecular weight is 282 g/mol. The predicted molar refractivity (Wildman–Crippen MR) is 84.4 cm³/mol. The van der Waals surface area contributed by atoms with Gasteiger partial charge in [-0.3, -0.25) is 0 Å². The molecule has 0 aliphatic rings. The molecule has 108 valence electrons. The van der Waals surface area contributed by atoms with E-state index in [0.29, 0.717) is 0 Å². The van der Waals surface area contributed by atoms with E-state index in [2.05, 4.69) is 29.6 Å². The molecule has 19 heavy (non-hydrogen) atoms. The summed E-state index contributed by atoms with van der Waals surface area (Å²) in [6.07, 6.45) is 4.21. The van der Waals surface area contributed by atoms with Gasteiger partial charge < -0.3 is 19.9 Å². The lowest BCUT2D eigenvalue weighted by Crippen LogP contribution is -2.17. The number of nitrogens with two attached hydrogens (primary N) is 1. The van der Waals surface area contributed by atoms with Crippen molar-refractivity contribution in [2.45, 2.75) is 6.04 Å². The van der Waals surface area contributed by atoms with E-state index in [1.807, 2.05) is 25.2 Å². The van der Waals surface area contributed by atoms with Crippen LogP contribution in [-0.2, 0) is 8.85 Å². The topological polar surface area (TPSA) is 56.5 Å². The van der Waals surface area contributed by atoms with Crippen LogP contribution < -0.4 is 11.1 Å². The molecule has 0 saturated heterocycles. The summed E-state index contributed by atoms with van der Waals surface area (Å²) in [5.74, 6) is 0. The van der Waals surface area contributed by atoms with Gasteiger partial charge in [0.05, 0.1) is 0 Å². The lowest BCUT2D eigenvalue weighted by molar-refractivity contribution is 0.281. The van der Waals surface area contributed by atoms with Crippen LogP contribution in [0.2, 0.25) is 6.04 Å². The van der Waals surface area contributed by atoms with E-state index in [-0.39, 0.29) is 0 Å². The zero-order valence-electron chi connectivity index (χ0n) is 12.1. The van der Waals surface area contributed by atoms with Crippen LogP contribution in [0, 0.1) is 0 Å². The van der Waals surface area contributed by atoms with E-state index in [4.69, 9.17) is 14.6 Å². The maximum Gasteiger partial charge on any atom is 0.324 e. The van der Waals surface area contributed by atoms with Crippen molar-refractivity contribution in [2.75, 3.05) is 34.4 Å². The molecule has 0 aliphatic carbocycles. The quantitative estimate of drug-likeness (QED) is 0.742. The van der Waals surface area contributed by atoms with Crippen molar-refractivity contribution in [1.82, 2.24) is 5.32 Å². The molecule has 0 atom stereocenters. The molecule has 0 heterocycles. The molecule has 0 aromatic heterocycles. The highest BCUT2D eigenvalue weighted by Crippen LogP contribution is 2.03. The first-order valence-electron chi connectivity index (χ1n) is 6.40. The standard InChI is InChI=1S/C11H16O2Si.C3H10N2/c1-12-14(13-2)10-6-9-11-7-4-3-5-8-11;1-5-3-2-4/h3-9,14H,10H2,1-2H3;5H,2-4H2,1H3. The van der Waals surface area contributed by atoms with E-state index in [0.717, 1.165) is 19.1 Å². The zero-order valence-corrected chi connectivity index (χ0v) is 13.3. The molecule has 1 aromatic rings. The van der Waals surface area contributed by atoms with Crippen LogP contribution in [-0.4, -0.2) is 43.6 Å². The van der Waals surface area contributed by atoms with Gasteiger partial charge in [-0.05, 0) is 12.6 Å². The number of hydrogen-bond acceptors (Lipinski definition) is 4. The molecule has 4 nitrogen and oxygen atoms in total. The molecule has 5 heteroatoms. The van der Waals surface area contributed by atoms with Gasteiger partial charge in [0.2, 0.25) is 0 Å². The summed E-state index contributed by atoms with van der Waals surface area (Å²) in [5.41, 5.74) is 6.29. The van der Waals surface area contributed by atoms with Gasteiger partial charge in [-0.25, -0.2) is 0 Å². The van der Waals surface area contributed by atoms with Gasteiger partial charge in [-0.1, -0.05) is 42.5 Å². The molecule has 0 fully saturated rings. The SMILES string of the molecule is CNCCN.CO[SiH](CC=Cc1ccccc1)OC. The minimum atomic E-state index is -1.42. The fourth-order valence-corrected chi connectivity index (χ4v) is 2.25. The van der Waals surface area contributed by atoms with Crippen LogP contribution in [0.5, 0.6) is 0 Å². The number of allylic oxidation sites excluding steroid dienone is 1. The Balaban J connectivity index is 0.000000555. The highest BCUT2D eigenvalue weighted by Gasteiger charge is 2.04. The van der Waals surface area contributed by atoms with Crippen molar-refractivity contribution in [2.24, 2.45) is 5.73 Å². The number of benzene rings is 1. The second-order valence-corrected chi connectivity index (χ2v) is 6.12. The molecule has 0 amide bonds. The summed E-state index contributed by atoms with van der Waals surface area (Å²) in [5, 5.41) is 2.89. The monoisotopic (exact) mass is 282 g/mol. The number of rotatable bonds is 7. The first kappa shape index (κ1) is 18.0. The third kappa shape index (κ3) is 10.6. The Morgan fingerprint density at radius 2 is 1.84 bits per heavy atom. The van der Waals surface area contributed by atoms with Gasteiger partial charge in [0, 0.05) is 33.4 Å². The van der Waals surface area contributed by atoms with Crippen molar-refractivity contribution in [3.8, 4) is 0 Å². The van der Waals surface area contributed by atoms with E-state index in [1.54, 1.807) is 14.2 Å². The second kappa shape index (κ2) is 13.4. The van der Waals surface area contributed by atoms with Crippen molar-refractivity contribution < 1.29 is 8.85 Å². The van der Waals surface area contributed by atoms with Gasteiger partial charge in [-0.15, -0.1) is 0 Å². The minimum absolute atomic E-state index is 0.733. The first-order chi connectivity index (χ1) is 9.28. The molecule has 0 radical (unpaired) electrons. The summed E-state index contributed by atoms with van der Waals surface area (Å²) in [6, 6.07) is 11.1. The zero-order chi connectivity index (χ0) is 14.3. The van der Waals surface area contributed by atoms with Crippen molar-refractivity contribution in [1.29, 1.82) is 0 Å². The summed E-state index contributed by atoms with van der Waals surface area (Å²) in [7, 11) is 3.87. The Morgan fingerprint density at radius 1 is 1.21 bits per heavy atom. The molecule has 1 aromatic carbocycles. The molecule has 1 rings (SSSR count). The van der Waals surface area contributed by atoms with Gasteiger partial charge in [0.1, 0.15) is 0 Å². The molecule has 0 spiro atoms. The van der Waals surface area contributed by atoms with Crippen LogP contribution in [0.15, 0.2) is 36.4 Å². The Bertz CT molecular complexity index is 314. The maximum absolute atomic E-state index is 5.20. The molecular weight excluding hydrogens is 256 g/mol. The molecule has 3 N–H and O–H groups in total. The highest BCUT2D eigenvalue weighted by molar-refractivity contribution is 6.44. The Hall–Kier alpha value is -0.983. The van der Waals surface area contributed by atoms with Crippen LogP contribution in [0.25, 0.3) is 6.08 Å². The van der Waals surface area contributed by atoms with Crippen LogP contribution in [0.1, 0.15) is 5.56 Å². The fraction of sp³-hybridized carbons (Fsp3) is 0.429. The predicted octanol–water partition coefficient (Wildman–Crippen LogP) is 1.38. The van der Waals surface area contributed by atoms with Crippen molar-refractivity contribution >= 4 is 15.4 Å². The summed E-state index contributed by atoms with van der Waals surface area (Å²) >= 11 is 0. The van der Waals surface area contributed by atoms with E-state index >= 15 is 0 Å². The van der Waals surface area contributed by atoms with Crippen molar-refractivity contribution in [3.05, 3.63) is 42.0 Å². The number of nitrogens with one attached hydrogen (secondary N) is 1. The fourth-order valence-electron chi connectivity index (χ4n) is 1.31. The van der Waals surface area contributed by atoms with E-state index in [9.17, 15) is 0 Å². The lowest BCUT2D eigenvalue weighted by Gasteiger charge is -2.06. The lowest BCUT2D eigenvalue weighted by atomic mass is 10.2. The number of likely N-dealkylation sites (N-methyl/N-ethyl adjacent to an activating group) is 1. The van der Waals surface area contributed by atoms with Gasteiger partial charge in [0.25, 0.3) is 0 Å². The molecule has 0 unspecified atom stereocenters. The Kier molecular flexibility index (Phi) is 12.8. The maximum atomic E-state index is 5.20. The van der Waals surface area contributed by atoms with Crippen LogP contribution >= 0.6 is 0 Å². The largest absolute Gasteiger partial charge is 0.400 e. The minimum Gasteiger partial charge on any atom is -0.400 e. The van der Waals surface area contributed by atoms with E-state index < -0.39 is 9.28 Å². The van der Waals surface area contributed by atoms with Gasteiger partial charge >= 0.3 is 9.28 Å². The Morgan fingerprint density at radius 3 is 2.26 bits per heavy atom. The third-order valence-corrected chi connectivity index (χ3v) is 4.07. The summed E-state index contributed by atoms with van der Waals surface area (Å²) in [6.45, 7) is 1.65. The molecule has 0 aliphatic heterocycles. The third-order valence-electron chi connectivity index (χ3n) is 2.36. The first-order valence-corrected chi connectivity index (χ1v) is 8.16. The van der Waals surface area contributed by atoms with Gasteiger partial charge in [-0.2, -0.15) is 0 Å². The highest BCUT2D eigenvalue weighted by atomic mass is 28.3. The number of hydrogen-bond donors (Lipinski definition) is 2. The van der Waals surface area contributed by atoms with Crippen LogP contribution in [0.3, 0.4) is 0 Å². The van der Waals surface area contributed by atoms with E-state index in [1.165, 1.54) is 5.56 Å². The molecular formula is C14H26N2O2Si. The second-order valence-electron chi connectivity index (χ2n) is 3.84. The Labute approximate surface area is 118 Å². The normalized spacial score (nSPS) is 10.6.